The summed E-state index contributed by atoms with van der Waals surface area (Å²) in [6.07, 6.45) is 0. The second-order valence-electron chi connectivity index (χ2n) is 9.98. The van der Waals surface area contributed by atoms with Crippen molar-refractivity contribution in [2.75, 3.05) is 4.90 Å². The lowest BCUT2D eigenvalue weighted by Crippen LogP contribution is -2.60. The maximum absolute atomic E-state index is 6.66. The number of benzene rings is 5. The summed E-state index contributed by atoms with van der Waals surface area (Å²) in [5, 5.41) is 0. The molecule has 2 nitrogen and oxygen atoms in total. The third kappa shape index (κ3) is 3.06. The largest absolute Gasteiger partial charge is 0.458 e. The first-order valence-electron chi connectivity index (χ1n) is 12.6. The van der Waals surface area contributed by atoms with Crippen LogP contribution in [-0.4, -0.2) is 6.71 Å². The number of para-hydroxylation sites is 2. The summed E-state index contributed by atoms with van der Waals surface area (Å²) in [5.41, 5.74) is 13.7. The highest BCUT2D eigenvalue weighted by atomic mass is 16.5. The van der Waals surface area contributed by atoms with Crippen LogP contribution in [-0.2, 0) is 0 Å². The number of rotatable bonds is 2. The maximum atomic E-state index is 6.66. The van der Waals surface area contributed by atoms with Gasteiger partial charge < -0.3 is 9.64 Å². The van der Waals surface area contributed by atoms with Gasteiger partial charge in [-0.05, 0) is 95.8 Å². The van der Waals surface area contributed by atoms with E-state index in [1.54, 1.807) is 0 Å². The Balaban J connectivity index is 1.61. The van der Waals surface area contributed by atoms with Gasteiger partial charge in [0.25, 0.3) is 6.71 Å². The lowest BCUT2D eigenvalue weighted by atomic mass is 9.33. The van der Waals surface area contributed by atoms with Crippen molar-refractivity contribution in [1.82, 2.24) is 0 Å². The van der Waals surface area contributed by atoms with Gasteiger partial charge >= 0.3 is 0 Å². The molecule has 0 saturated heterocycles. The van der Waals surface area contributed by atoms with Crippen LogP contribution in [0.25, 0.3) is 11.1 Å². The van der Waals surface area contributed by atoms with Gasteiger partial charge in [-0.3, -0.25) is 0 Å². The van der Waals surface area contributed by atoms with E-state index in [-0.39, 0.29) is 6.71 Å². The van der Waals surface area contributed by atoms with Crippen molar-refractivity contribution < 1.29 is 4.74 Å². The van der Waals surface area contributed by atoms with Gasteiger partial charge in [-0.15, -0.1) is 0 Å². The average Bonchev–Trinajstić information content (AvgIpc) is 2.88. The molecule has 0 unspecified atom stereocenters. The molecule has 7 rings (SSSR count). The van der Waals surface area contributed by atoms with E-state index in [9.17, 15) is 0 Å². The minimum Gasteiger partial charge on any atom is -0.458 e. The maximum Gasteiger partial charge on any atom is 0.256 e. The van der Waals surface area contributed by atoms with Gasteiger partial charge in [0, 0.05) is 17.1 Å². The van der Waals surface area contributed by atoms with Crippen molar-refractivity contribution in [1.29, 1.82) is 0 Å². The quantitative estimate of drug-likeness (QED) is 0.265. The lowest BCUT2D eigenvalue weighted by Gasteiger charge is -2.41. The van der Waals surface area contributed by atoms with Crippen LogP contribution in [0.15, 0.2) is 103 Å². The normalized spacial score (nSPS) is 13.0. The summed E-state index contributed by atoms with van der Waals surface area (Å²) < 4.78 is 6.66. The molecule has 0 saturated carbocycles. The van der Waals surface area contributed by atoms with Gasteiger partial charge in [0.1, 0.15) is 11.5 Å². The first kappa shape index (κ1) is 21.1. The number of ether oxygens (including phenoxy) is 1. The molecule has 2 heterocycles. The molecule has 0 amide bonds. The zero-order chi connectivity index (χ0) is 24.4. The summed E-state index contributed by atoms with van der Waals surface area (Å²) in [5.74, 6) is 1.89. The third-order valence-corrected chi connectivity index (χ3v) is 7.61. The van der Waals surface area contributed by atoms with E-state index in [4.69, 9.17) is 4.74 Å². The first-order valence-corrected chi connectivity index (χ1v) is 12.6. The summed E-state index contributed by atoms with van der Waals surface area (Å²) in [7, 11) is 0. The third-order valence-electron chi connectivity index (χ3n) is 7.61. The number of fused-ring (bicyclic) bond motifs is 4. The Hall–Kier alpha value is -4.24. The summed E-state index contributed by atoms with van der Waals surface area (Å²) >= 11 is 0. The molecule has 0 aromatic heterocycles. The fraction of sp³-hybridized carbons (Fsp3) is 0.0909. The molecule has 36 heavy (non-hydrogen) atoms. The lowest BCUT2D eigenvalue weighted by molar-refractivity contribution is 0.487. The smallest absolute Gasteiger partial charge is 0.256 e. The summed E-state index contributed by atoms with van der Waals surface area (Å²) in [6, 6.07) is 37.1. The zero-order valence-corrected chi connectivity index (χ0v) is 20.7. The van der Waals surface area contributed by atoms with Gasteiger partial charge in [0.15, 0.2) is 0 Å². The minimum absolute atomic E-state index is 0.126. The molecular formula is C33H26BNO. The molecule has 0 N–H and O–H groups in total. The molecule has 3 heteroatoms. The fourth-order valence-corrected chi connectivity index (χ4v) is 6.11. The molecule has 5 aromatic carbocycles. The molecule has 0 bridgehead atoms. The second-order valence-corrected chi connectivity index (χ2v) is 9.98. The van der Waals surface area contributed by atoms with Crippen molar-refractivity contribution in [3.05, 3.63) is 120 Å². The Morgan fingerprint density at radius 3 is 2.17 bits per heavy atom. The van der Waals surface area contributed by atoms with Crippen molar-refractivity contribution in [3.8, 4) is 22.6 Å². The Morgan fingerprint density at radius 1 is 0.611 bits per heavy atom. The van der Waals surface area contributed by atoms with Gasteiger partial charge in [-0.2, -0.15) is 0 Å². The number of nitrogens with zero attached hydrogens (tertiary/aromatic N) is 1. The molecule has 2 aliphatic rings. The SMILES string of the molecule is Cc1cc(C)c2c(c1)N(c1ccccc1)c1cc(-c3ccccc3C)cc3c1B2c1ccccc1O3. The van der Waals surface area contributed by atoms with Crippen molar-refractivity contribution in [3.63, 3.8) is 0 Å². The molecule has 172 valence electrons. The van der Waals surface area contributed by atoms with E-state index in [1.807, 2.05) is 0 Å². The number of hydrogen-bond donors (Lipinski definition) is 0. The van der Waals surface area contributed by atoms with Crippen LogP contribution in [0.3, 0.4) is 0 Å². The summed E-state index contributed by atoms with van der Waals surface area (Å²) in [4.78, 5) is 2.43. The van der Waals surface area contributed by atoms with E-state index in [0.29, 0.717) is 0 Å². The van der Waals surface area contributed by atoms with E-state index in [2.05, 4.69) is 129 Å². The molecule has 0 spiro atoms. The topological polar surface area (TPSA) is 12.5 Å². The van der Waals surface area contributed by atoms with Crippen LogP contribution in [0.5, 0.6) is 11.5 Å². The first-order chi connectivity index (χ1) is 17.6. The molecular weight excluding hydrogens is 437 g/mol. The van der Waals surface area contributed by atoms with E-state index in [0.717, 1.165) is 17.2 Å². The Kier molecular flexibility index (Phi) is 4.62. The van der Waals surface area contributed by atoms with E-state index >= 15 is 0 Å². The number of aryl methyl sites for hydroxylation is 3. The molecule has 0 atom stereocenters. The van der Waals surface area contributed by atoms with Crippen LogP contribution >= 0.6 is 0 Å². The Labute approximate surface area is 212 Å². The number of hydrogen-bond acceptors (Lipinski definition) is 2. The second kappa shape index (κ2) is 7.89. The van der Waals surface area contributed by atoms with Crippen molar-refractivity contribution >= 4 is 40.2 Å². The fourth-order valence-electron chi connectivity index (χ4n) is 6.11. The zero-order valence-electron chi connectivity index (χ0n) is 20.7. The minimum atomic E-state index is 0.126. The molecule has 0 aliphatic carbocycles. The van der Waals surface area contributed by atoms with Gasteiger partial charge in [0.2, 0.25) is 0 Å². The van der Waals surface area contributed by atoms with Crippen molar-refractivity contribution in [2.45, 2.75) is 20.8 Å². The standard InChI is InChI=1S/C33H26BNO/c1-21-17-23(3)32-28(18-21)35(25-12-5-4-6-13-25)29-19-24(26-14-8-7-11-22(26)2)20-31-33(29)34(32)27-15-9-10-16-30(27)36-31/h4-20H,1-3H3. The van der Waals surface area contributed by atoms with Crippen LogP contribution in [0.2, 0.25) is 0 Å². The van der Waals surface area contributed by atoms with Crippen LogP contribution in [0, 0.1) is 20.8 Å². The number of anilines is 3. The molecule has 0 radical (unpaired) electrons. The van der Waals surface area contributed by atoms with Gasteiger partial charge in [-0.1, -0.05) is 72.3 Å². The van der Waals surface area contributed by atoms with Crippen LogP contribution in [0.4, 0.5) is 17.1 Å². The Bertz CT molecular complexity index is 1660. The molecule has 2 aliphatic heterocycles. The van der Waals surface area contributed by atoms with Gasteiger partial charge in [0.05, 0.1) is 0 Å². The Morgan fingerprint density at radius 2 is 1.33 bits per heavy atom. The summed E-state index contributed by atoms with van der Waals surface area (Å²) in [6.45, 7) is 6.75. The van der Waals surface area contributed by atoms with E-state index in [1.165, 1.54) is 55.6 Å². The molecule has 5 aromatic rings. The highest BCUT2D eigenvalue weighted by Gasteiger charge is 2.42. The molecule has 0 fully saturated rings. The van der Waals surface area contributed by atoms with E-state index < -0.39 is 0 Å². The highest BCUT2D eigenvalue weighted by molar-refractivity contribution is 6.99. The van der Waals surface area contributed by atoms with Gasteiger partial charge in [-0.25, -0.2) is 0 Å². The van der Waals surface area contributed by atoms with Crippen LogP contribution < -0.4 is 26.0 Å². The highest BCUT2D eigenvalue weighted by Crippen LogP contribution is 2.43. The predicted octanol–water partition coefficient (Wildman–Crippen LogP) is 6.68. The van der Waals surface area contributed by atoms with Crippen molar-refractivity contribution in [2.24, 2.45) is 0 Å². The monoisotopic (exact) mass is 463 g/mol. The van der Waals surface area contributed by atoms with Crippen LogP contribution in [0.1, 0.15) is 16.7 Å². The predicted molar refractivity (Wildman–Crippen MR) is 152 cm³/mol. The average molecular weight is 463 g/mol.